The molecule has 0 aromatic heterocycles. The van der Waals surface area contributed by atoms with E-state index in [1.165, 1.54) is 0 Å². The van der Waals surface area contributed by atoms with Gasteiger partial charge in [0.2, 0.25) is 11.6 Å². The number of carbonyl (C=O) groups is 2. The fourth-order valence-corrected chi connectivity index (χ4v) is 2.67. The number of Topliss-reactive ketones (excluding diaryl/α,β-unsaturated/α-hetero) is 2. The van der Waals surface area contributed by atoms with Crippen molar-refractivity contribution in [2.75, 3.05) is 0 Å². The van der Waals surface area contributed by atoms with Crippen LogP contribution in [-0.4, -0.2) is 11.6 Å². The number of para-hydroxylation sites is 1. The Balaban J connectivity index is 2.06. The molecule has 0 bridgehead atoms. The van der Waals surface area contributed by atoms with E-state index in [1.54, 1.807) is 36.4 Å². The average Bonchev–Trinajstić information content (AvgIpc) is 2.50. The minimum atomic E-state index is -0.256. The van der Waals surface area contributed by atoms with Gasteiger partial charge < -0.3 is 4.74 Å². The molecular weight excluding hydrogens is 367 g/mol. The summed E-state index contributed by atoms with van der Waals surface area (Å²) in [6, 6.07) is 15.8. The van der Waals surface area contributed by atoms with Gasteiger partial charge in [0.15, 0.2) is 5.76 Å². The maximum Gasteiger partial charge on any atom is 0.230 e. The summed E-state index contributed by atoms with van der Waals surface area (Å²) >= 11 is 1.87. The number of benzene rings is 2. The molecule has 2 aromatic rings. The number of hydrogen-bond acceptors (Lipinski definition) is 3. The Morgan fingerprint density at radius 1 is 0.750 bits per heavy atom. The summed E-state index contributed by atoms with van der Waals surface area (Å²) in [7, 11) is 0. The molecule has 0 aliphatic heterocycles. The zero-order valence-corrected chi connectivity index (χ0v) is 12.5. The fourth-order valence-electron chi connectivity index (χ4n) is 2.02. The Kier molecular flexibility index (Phi) is 3.40. The van der Waals surface area contributed by atoms with Crippen LogP contribution in [0.1, 0.15) is 20.7 Å². The van der Waals surface area contributed by atoms with E-state index in [1.807, 2.05) is 40.8 Å². The first-order valence-corrected chi connectivity index (χ1v) is 7.07. The molecule has 3 rings (SSSR count). The summed E-state index contributed by atoms with van der Waals surface area (Å²) in [5.74, 6) is 0.206. The Morgan fingerprint density at radius 2 is 1.30 bits per heavy atom. The van der Waals surface area contributed by atoms with Crippen molar-refractivity contribution in [3.05, 3.63) is 75.1 Å². The summed E-state index contributed by atoms with van der Waals surface area (Å²) < 4.78 is 5.92. The van der Waals surface area contributed by atoms with E-state index in [4.69, 9.17) is 4.74 Å². The largest absolute Gasteiger partial charge is 0.452 e. The standard InChI is InChI=1S/C16H9IO3/c17-13-14(18)11-8-4-5-9-12(11)15(19)16(13)20-10-6-2-1-3-7-10/h1-9H. The van der Waals surface area contributed by atoms with Crippen molar-refractivity contribution < 1.29 is 14.3 Å². The Labute approximate surface area is 129 Å². The summed E-state index contributed by atoms with van der Waals surface area (Å²) in [4.78, 5) is 24.7. The highest BCUT2D eigenvalue weighted by molar-refractivity contribution is 14.1. The molecule has 0 N–H and O–H groups in total. The minimum Gasteiger partial charge on any atom is -0.452 e. The van der Waals surface area contributed by atoms with Crippen LogP contribution >= 0.6 is 22.6 Å². The van der Waals surface area contributed by atoms with E-state index < -0.39 is 0 Å². The number of hydrogen-bond donors (Lipinski definition) is 0. The van der Waals surface area contributed by atoms with Gasteiger partial charge in [-0.3, -0.25) is 9.59 Å². The van der Waals surface area contributed by atoms with Crippen LogP contribution in [-0.2, 0) is 0 Å². The van der Waals surface area contributed by atoms with Gasteiger partial charge in [-0.15, -0.1) is 0 Å². The molecule has 1 aliphatic rings. The lowest BCUT2D eigenvalue weighted by Crippen LogP contribution is -2.22. The van der Waals surface area contributed by atoms with Crippen LogP contribution < -0.4 is 4.74 Å². The van der Waals surface area contributed by atoms with Crippen LogP contribution in [0.15, 0.2) is 63.9 Å². The van der Waals surface area contributed by atoms with Crippen LogP contribution in [0, 0.1) is 0 Å². The van der Waals surface area contributed by atoms with Gasteiger partial charge in [0, 0.05) is 11.1 Å². The zero-order valence-electron chi connectivity index (χ0n) is 10.3. The number of ether oxygens (including phenoxy) is 1. The summed E-state index contributed by atoms with van der Waals surface area (Å²) in [5.41, 5.74) is 0.825. The molecule has 4 heteroatoms. The normalized spacial score (nSPS) is 14.2. The quantitative estimate of drug-likeness (QED) is 0.750. The van der Waals surface area contributed by atoms with Crippen molar-refractivity contribution in [3.63, 3.8) is 0 Å². The molecule has 0 heterocycles. The third-order valence-electron chi connectivity index (χ3n) is 2.98. The molecule has 0 fully saturated rings. The molecule has 0 amide bonds. The lowest BCUT2D eigenvalue weighted by molar-refractivity contribution is 0.0945. The average molecular weight is 376 g/mol. The van der Waals surface area contributed by atoms with Crippen LogP contribution in [0.4, 0.5) is 0 Å². The molecule has 0 saturated heterocycles. The summed E-state index contributed by atoms with van der Waals surface area (Å²) in [6.07, 6.45) is 0. The number of allylic oxidation sites excluding steroid dienone is 2. The summed E-state index contributed by atoms with van der Waals surface area (Å²) in [6.45, 7) is 0. The van der Waals surface area contributed by atoms with Crippen molar-refractivity contribution in [2.45, 2.75) is 0 Å². The molecule has 0 spiro atoms. The van der Waals surface area contributed by atoms with Gasteiger partial charge in [-0.25, -0.2) is 0 Å². The SMILES string of the molecule is O=C1C(I)=C(Oc2ccccc2)C(=O)c2ccccc21. The number of halogens is 1. The van der Waals surface area contributed by atoms with Gasteiger partial charge in [0.25, 0.3) is 0 Å². The molecule has 1 aliphatic carbocycles. The van der Waals surface area contributed by atoms with Crippen LogP contribution in [0.5, 0.6) is 5.75 Å². The van der Waals surface area contributed by atoms with Gasteiger partial charge in [-0.1, -0.05) is 42.5 Å². The van der Waals surface area contributed by atoms with E-state index in [0.29, 0.717) is 20.5 Å². The highest BCUT2D eigenvalue weighted by Gasteiger charge is 2.32. The smallest absolute Gasteiger partial charge is 0.230 e. The first kappa shape index (κ1) is 13.1. The predicted molar refractivity (Wildman–Crippen MR) is 83.2 cm³/mol. The first-order valence-electron chi connectivity index (χ1n) is 5.99. The maximum atomic E-state index is 12.4. The molecular formula is C16H9IO3. The first-order chi connectivity index (χ1) is 9.68. The number of carbonyl (C=O) groups excluding carboxylic acids is 2. The second kappa shape index (κ2) is 5.20. The highest BCUT2D eigenvalue weighted by atomic mass is 127. The van der Waals surface area contributed by atoms with Crippen molar-refractivity contribution in [1.82, 2.24) is 0 Å². The highest BCUT2D eigenvalue weighted by Crippen LogP contribution is 2.31. The van der Waals surface area contributed by atoms with Crippen LogP contribution in [0.25, 0.3) is 0 Å². The van der Waals surface area contributed by atoms with Crippen molar-refractivity contribution in [3.8, 4) is 5.75 Å². The number of rotatable bonds is 2. The second-order valence-corrected chi connectivity index (χ2v) is 5.34. The van der Waals surface area contributed by atoms with Gasteiger partial charge in [0.1, 0.15) is 9.33 Å². The predicted octanol–water partition coefficient (Wildman–Crippen LogP) is 3.79. The monoisotopic (exact) mass is 376 g/mol. The third-order valence-corrected chi connectivity index (χ3v) is 3.96. The minimum absolute atomic E-state index is 0.0977. The third kappa shape index (κ3) is 2.16. The molecule has 98 valence electrons. The lowest BCUT2D eigenvalue weighted by atomic mass is 9.94. The van der Waals surface area contributed by atoms with Gasteiger partial charge in [0.05, 0.1) is 0 Å². The second-order valence-electron chi connectivity index (χ2n) is 4.26. The van der Waals surface area contributed by atoms with Crippen LogP contribution in [0.3, 0.4) is 0 Å². The summed E-state index contributed by atoms with van der Waals surface area (Å²) in [5, 5.41) is 0. The molecule has 0 saturated carbocycles. The van der Waals surface area contributed by atoms with Crippen molar-refractivity contribution in [1.29, 1.82) is 0 Å². The molecule has 0 unspecified atom stereocenters. The van der Waals surface area contributed by atoms with E-state index in [0.717, 1.165) is 0 Å². The maximum absolute atomic E-state index is 12.4. The number of fused-ring (bicyclic) bond motifs is 1. The number of ketones is 2. The topological polar surface area (TPSA) is 43.4 Å². The van der Waals surface area contributed by atoms with Gasteiger partial charge >= 0.3 is 0 Å². The van der Waals surface area contributed by atoms with E-state index in [9.17, 15) is 9.59 Å². The van der Waals surface area contributed by atoms with Gasteiger partial charge in [-0.2, -0.15) is 0 Å². The molecule has 20 heavy (non-hydrogen) atoms. The Bertz CT molecular complexity index is 732. The lowest BCUT2D eigenvalue weighted by Gasteiger charge is -2.18. The van der Waals surface area contributed by atoms with Gasteiger partial charge in [-0.05, 0) is 34.7 Å². The zero-order chi connectivity index (χ0) is 14.1. The fraction of sp³-hybridized carbons (Fsp3) is 0. The van der Waals surface area contributed by atoms with E-state index >= 15 is 0 Å². The van der Waals surface area contributed by atoms with E-state index in [2.05, 4.69) is 0 Å². The molecule has 2 aromatic carbocycles. The van der Waals surface area contributed by atoms with Crippen LogP contribution in [0.2, 0.25) is 0 Å². The molecule has 0 atom stereocenters. The molecule has 3 nitrogen and oxygen atoms in total. The Morgan fingerprint density at radius 3 is 1.95 bits per heavy atom. The van der Waals surface area contributed by atoms with Crippen molar-refractivity contribution >= 4 is 34.2 Å². The van der Waals surface area contributed by atoms with Crippen molar-refractivity contribution in [2.24, 2.45) is 0 Å². The van der Waals surface area contributed by atoms with E-state index in [-0.39, 0.29) is 17.3 Å². The molecule has 0 radical (unpaired) electrons. The Hall–Kier alpha value is -1.95.